The summed E-state index contributed by atoms with van der Waals surface area (Å²) in [5.74, 6) is -0.798. The Kier molecular flexibility index (Phi) is 4.20. The molecule has 0 saturated carbocycles. The second-order valence-electron chi connectivity index (χ2n) is 3.80. The fourth-order valence-electron chi connectivity index (χ4n) is 1.51. The van der Waals surface area contributed by atoms with Gasteiger partial charge in [0.25, 0.3) is 0 Å². The third-order valence-electron chi connectivity index (χ3n) is 2.62. The van der Waals surface area contributed by atoms with Crippen molar-refractivity contribution >= 4 is 5.78 Å². The van der Waals surface area contributed by atoms with E-state index in [1.165, 1.54) is 6.08 Å². The lowest BCUT2D eigenvalue weighted by Crippen LogP contribution is -2.29. The molecule has 84 valence electrons. The number of hydrogen-bond donors (Lipinski definition) is 3. The molecule has 0 spiro atoms. The minimum Gasteiger partial charge on any atom is -0.396 e. The standard InChI is InChI=1S/C11H16O4/c1-7(5-12)11(15)8-2-3-10(14)9(4-8)6-13/h2-4,7-8,11-13,15H,5-6H2,1H3. The zero-order valence-corrected chi connectivity index (χ0v) is 8.63. The smallest absolute Gasteiger partial charge is 0.183 e. The van der Waals surface area contributed by atoms with Gasteiger partial charge >= 0.3 is 0 Å². The lowest BCUT2D eigenvalue weighted by molar-refractivity contribution is -0.111. The summed E-state index contributed by atoms with van der Waals surface area (Å²) in [7, 11) is 0. The first-order valence-electron chi connectivity index (χ1n) is 4.93. The third kappa shape index (κ3) is 2.75. The van der Waals surface area contributed by atoms with Crippen LogP contribution in [0.25, 0.3) is 0 Å². The minimum absolute atomic E-state index is 0.109. The van der Waals surface area contributed by atoms with E-state index in [0.717, 1.165) is 0 Å². The Bertz CT molecular complexity index is 293. The number of allylic oxidation sites excluding steroid dienone is 1. The van der Waals surface area contributed by atoms with E-state index in [4.69, 9.17) is 10.2 Å². The first kappa shape index (κ1) is 12.1. The number of carbonyl (C=O) groups excluding carboxylic acids is 1. The van der Waals surface area contributed by atoms with Crippen molar-refractivity contribution in [2.24, 2.45) is 11.8 Å². The van der Waals surface area contributed by atoms with E-state index >= 15 is 0 Å². The summed E-state index contributed by atoms with van der Waals surface area (Å²) in [4.78, 5) is 11.2. The molecule has 4 nitrogen and oxygen atoms in total. The maximum Gasteiger partial charge on any atom is 0.183 e. The molecule has 0 radical (unpaired) electrons. The van der Waals surface area contributed by atoms with Crippen molar-refractivity contribution in [2.45, 2.75) is 13.0 Å². The van der Waals surface area contributed by atoms with Gasteiger partial charge in [-0.05, 0) is 6.08 Å². The Hall–Kier alpha value is -0.970. The molecule has 0 heterocycles. The number of hydrogen-bond acceptors (Lipinski definition) is 4. The molecule has 3 unspecified atom stereocenters. The summed E-state index contributed by atoms with van der Waals surface area (Å²) >= 11 is 0. The van der Waals surface area contributed by atoms with Crippen molar-refractivity contribution in [3.05, 3.63) is 23.8 Å². The van der Waals surface area contributed by atoms with Crippen molar-refractivity contribution < 1.29 is 20.1 Å². The Morgan fingerprint density at radius 3 is 2.67 bits per heavy atom. The fraction of sp³-hybridized carbons (Fsp3) is 0.545. The predicted molar refractivity (Wildman–Crippen MR) is 55.1 cm³/mol. The van der Waals surface area contributed by atoms with Gasteiger partial charge in [-0.15, -0.1) is 0 Å². The zero-order valence-electron chi connectivity index (χ0n) is 8.63. The first-order valence-corrected chi connectivity index (χ1v) is 4.93. The molecule has 0 aliphatic heterocycles. The quantitative estimate of drug-likeness (QED) is 0.595. The Morgan fingerprint density at radius 2 is 2.13 bits per heavy atom. The number of rotatable bonds is 4. The van der Waals surface area contributed by atoms with Gasteiger partial charge in [0.15, 0.2) is 5.78 Å². The minimum atomic E-state index is -0.735. The maximum absolute atomic E-state index is 11.2. The second-order valence-corrected chi connectivity index (χ2v) is 3.80. The van der Waals surface area contributed by atoms with Gasteiger partial charge in [-0.1, -0.05) is 19.1 Å². The Balaban J connectivity index is 2.76. The van der Waals surface area contributed by atoms with Crippen LogP contribution in [0, 0.1) is 11.8 Å². The van der Waals surface area contributed by atoms with E-state index < -0.39 is 6.10 Å². The molecule has 4 heteroatoms. The Morgan fingerprint density at radius 1 is 1.47 bits per heavy atom. The molecule has 0 aromatic heterocycles. The molecule has 0 amide bonds. The van der Waals surface area contributed by atoms with E-state index in [-0.39, 0.29) is 30.8 Å². The molecule has 0 fully saturated rings. The maximum atomic E-state index is 11.2. The summed E-state index contributed by atoms with van der Waals surface area (Å²) in [6.45, 7) is 1.29. The van der Waals surface area contributed by atoms with Crippen LogP contribution in [0.4, 0.5) is 0 Å². The van der Waals surface area contributed by atoms with Crippen molar-refractivity contribution in [3.63, 3.8) is 0 Å². The van der Waals surface area contributed by atoms with E-state index in [0.29, 0.717) is 5.57 Å². The van der Waals surface area contributed by atoms with Gasteiger partial charge in [0.05, 0.1) is 12.7 Å². The van der Waals surface area contributed by atoms with Crippen LogP contribution in [0.2, 0.25) is 0 Å². The SMILES string of the molecule is CC(CO)C(O)C1C=CC(=O)C(CO)=C1. The van der Waals surface area contributed by atoms with Gasteiger partial charge in [-0.2, -0.15) is 0 Å². The molecule has 0 aromatic carbocycles. The average molecular weight is 212 g/mol. The molecule has 1 rings (SSSR count). The number of ketones is 1. The molecular weight excluding hydrogens is 196 g/mol. The van der Waals surface area contributed by atoms with Crippen molar-refractivity contribution in [2.75, 3.05) is 13.2 Å². The molecule has 1 aliphatic carbocycles. The highest BCUT2D eigenvalue weighted by atomic mass is 16.3. The highest BCUT2D eigenvalue weighted by Crippen LogP contribution is 2.21. The lowest BCUT2D eigenvalue weighted by atomic mass is 9.87. The summed E-state index contributed by atoms with van der Waals surface area (Å²) in [5, 5.41) is 27.6. The molecule has 15 heavy (non-hydrogen) atoms. The van der Waals surface area contributed by atoms with Crippen LogP contribution in [0.5, 0.6) is 0 Å². The summed E-state index contributed by atoms with van der Waals surface area (Å²) in [6.07, 6.45) is 3.77. The largest absolute Gasteiger partial charge is 0.396 e. The zero-order chi connectivity index (χ0) is 11.4. The lowest BCUT2D eigenvalue weighted by Gasteiger charge is -2.24. The molecule has 3 N–H and O–H groups in total. The van der Waals surface area contributed by atoms with Crippen LogP contribution in [0.15, 0.2) is 23.8 Å². The van der Waals surface area contributed by atoms with Crippen LogP contribution in [-0.2, 0) is 4.79 Å². The second kappa shape index (κ2) is 5.21. The average Bonchev–Trinajstić information content (AvgIpc) is 2.27. The van der Waals surface area contributed by atoms with Crippen molar-refractivity contribution in [1.29, 1.82) is 0 Å². The van der Waals surface area contributed by atoms with E-state index in [9.17, 15) is 9.90 Å². The van der Waals surface area contributed by atoms with Gasteiger partial charge in [0.1, 0.15) is 0 Å². The fourth-order valence-corrected chi connectivity index (χ4v) is 1.51. The first-order chi connectivity index (χ1) is 7.10. The third-order valence-corrected chi connectivity index (χ3v) is 2.62. The highest BCUT2D eigenvalue weighted by molar-refractivity contribution is 6.05. The molecule has 3 atom stereocenters. The normalized spacial score (nSPS) is 24.9. The van der Waals surface area contributed by atoms with Crippen molar-refractivity contribution in [3.8, 4) is 0 Å². The van der Waals surface area contributed by atoms with Gasteiger partial charge in [0.2, 0.25) is 0 Å². The Labute approximate surface area is 88.5 Å². The topological polar surface area (TPSA) is 77.8 Å². The highest BCUT2D eigenvalue weighted by Gasteiger charge is 2.24. The van der Waals surface area contributed by atoms with E-state index in [2.05, 4.69) is 0 Å². The van der Waals surface area contributed by atoms with Gasteiger partial charge < -0.3 is 15.3 Å². The number of aliphatic hydroxyl groups excluding tert-OH is 3. The predicted octanol–water partition coefficient (Wildman–Crippen LogP) is -0.350. The summed E-state index contributed by atoms with van der Waals surface area (Å²) in [5.41, 5.74) is 0.298. The monoisotopic (exact) mass is 212 g/mol. The van der Waals surface area contributed by atoms with Crippen molar-refractivity contribution in [1.82, 2.24) is 0 Å². The molecular formula is C11H16O4. The molecule has 0 saturated heterocycles. The molecule has 1 aliphatic rings. The summed E-state index contributed by atoms with van der Waals surface area (Å²) in [6, 6.07) is 0. The van der Waals surface area contributed by atoms with E-state index in [1.54, 1.807) is 19.1 Å². The number of carbonyl (C=O) groups is 1. The number of aliphatic hydroxyl groups is 3. The van der Waals surface area contributed by atoms with Crippen LogP contribution in [0.1, 0.15) is 6.92 Å². The van der Waals surface area contributed by atoms with Gasteiger partial charge in [-0.3, -0.25) is 4.79 Å². The summed E-state index contributed by atoms with van der Waals surface area (Å²) < 4.78 is 0. The van der Waals surface area contributed by atoms with Crippen LogP contribution >= 0.6 is 0 Å². The van der Waals surface area contributed by atoms with E-state index in [1.807, 2.05) is 0 Å². The van der Waals surface area contributed by atoms with Gasteiger partial charge in [0, 0.05) is 24.0 Å². The molecule has 0 bridgehead atoms. The van der Waals surface area contributed by atoms with Crippen LogP contribution in [-0.4, -0.2) is 40.4 Å². The van der Waals surface area contributed by atoms with Gasteiger partial charge in [-0.25, -0.2) is 0 Å². The van der Waals surface area contributed by atoms with Crippen LogP contribution < -0.4 is 0 Å². The molecule has 0 aromatic rings. The van der Waals surface area contributed by atoms with Crippen LogP contribution in [0.3, 0.4) is 0 Å².